The zero-order valence-corrected chi connectivity index (χ0v) is 14.3. The lowest BCUT2D eigenvalue weighted by molar-refractivity contribution is 0.111. The van der Waals surface area contributed by atoms with Crippen LogP contribution in [0.15, 0.2) is 0 Å². The van der Waals surface area contributed by atoms with Crippen molar-refractivity contribution in [2.75, 3.05) is 39.8 Å². The Balaban J connectivity index is 1.66. The van der Waals surface area contributed by atoms with E-state index in [-0.39, 0.29) is 0 Å². The minimum absolute atomic E-state index is 0.895. The lowest BCUT2D eigenvalue weighted by Gasteiger charge is -2.38. The molecule has 0 saturated carbocycles. The third-order valence-corrected chi connectivity index (χ3v) is 6.18. The van der Waals surface area contributed by atoms with E-state index in [1.807, 2.05) is 0 Å². The second kappa shape index (κ2) is 7.79. The minimum atomic E-state index is 0.895. The van der Waals surface area contributed by atoms with Crippen molar-refractivity contribution in [1.29, 1.82) is 0 Å². The molecular formula is C18H36N2. The highest BCUT2D eigenvalue weighted by atomic mass is 15.1. The third kappa shape index (κ3) is 4.46. The fourth-order valence-corrected chi connectivity index (χ4v) is 4.26. The van der Waals surface area contributed by atoms with Crippen LogP contribution in [0.2, 0.25) is 0 Å². The summed E-state index contributed by atoms with van der Waals surface area (Å²) in [5.41, 5.74) is 0. The van der Waals surface area contributed by atoms with Gasteiger partial charge in [0, 0.05) is 6.54 Å². The van der Waals surface area contributed by atoms with E-state index in [2.05, 4.69) is 37.6 Å². The van der Waals surface area contributed by atoms with Crippen LogP contribution in [0.1, 0.15) is 52.9 Å². The number of hydrogen-bond donors (Lipinski definition) is 0. The standard InChI is InChI=1S/C18H36N2/c1-5-15(2)17-7-11-20(12-8-17)13-9-18-6-10-19(4)14-16(18)3/h15-18H,5-14H2,1-4H3/t15?,16-,18+/m1/s1. The molecule has 2 aliphatic heterocycles. The summed E-state index contributed by atoms with van der Waals surface area (Å²) in [6, 6.07) is 0. The predicted octanol–water partition coefficient (Wildman–Crippen LogP) is 3.72. The summed E-state index contributed by atoms with van der Waals surface area (Å²) in [6.45, 7) is 13.9. The van der Waals surface area contributed by atoms with Gasteiger partial charge in [0.2, 0.25) is 0 Å². The van der Waals surface area contributed by atoms with Crippen molar-refractivity contribution in [2.24, 2.45) is 23.7 Å². The normalized spacial score (nSPS) is 32.4. The van der Waals surface area contributed by atoms with Gasteiger partial charge in [0.1, 0.15) is 0 Å². The van der Waals surface area contributed by atoms with Crippen LogP contribution in [0.4, 0.5) is 0 Å². The van der Waals surface area contributed by atoms with Crippen LogP contribution in [0.5, 0.6) is 0 Å². The van der Waals surface area contributed by atoms with Gasteiger partial charge in [0.15, 0.2) is 0 Å². The molecule has 118 valence electrons. The molecule has 2 rings (SSSR count). The molecule has 0 aliphatic carbocycles. The quantitative estimate of drug-likeness (QED) is 0.757. The molecule has 0 amide bonds. The molecule has 2 heteroatoms. The maximum Gasteiger partial charge on any atom is 0.000663 e. The molecule has 20 heavy (non-hydrogen) atoms. The molecule has 0 aromatic carbocycles. The van der Waals surface area contributed by atoms with Crippen LogP contribution in [-0.4, -0.2) is 49.6 Å². The van der Waals surface area contributed by atoms with E-state index < -0.39 is 0 Å². The van der Waals surface area contributed by atoms with Gasteiger partial charge in [0.25, 0.3) is 0 Å². The molecule has 0 radical (unpaired) electrons. The van der Waals surface area contributed by atoms with Crippen LogP contribution in [0, 0.1) is 23.7 Å². The Morgan fingerprint density at radius 2 is 1.80 bits per heavy atom. The van der Waals surface area contributed by atoms with Crippen LogP contribution < -0.4 is 0 Å². The summed E-state index contributed by atoms with van der Waals surface area (Å²) in [7, 11) is 2.27. The molecule has 0 bridgehead atoms. The lowest BCUT2D eigenvalue weighted by atomic mass is 9.82. The first-order chi connectivity index (χ1) is 9.60. The van der Waals surface area contributed by atoms with Gasteiger partial charge in [-0.1, -0.05) is 27.2 Å². The smallest absolute Gasteiger partial charge is 0.000663 e. The van der Waals surface area contributed by atoms with Gasteiger partial charge in [-0.25, -0.2) is 0 Å². The molecule has 2 saturated heterocycles. The van der Waals surface area contributed by atoms with Crippen molar-refractivity contribution in [3.8, 4) is 0 Å². The highest BCUT2D eigenvalue weighted by molar-refractivity contribution is 4.79. The Morgan fingerprint density at radius 3 is 2.40 bits per heavy atom. The van der Waals surface area contributed by atoms with E-state index in [0.717, 1.165) is 23.7 Å². The summed E-state index contributed by atoms with van der Waals surface area (Å²) < 4.78 is 0. The number of piperidine rings is 2. The Labute approximate surface area is 126 Å². The van der Waals surface area contributed by atoms with Crippen LogP contribution in [-0.2, 0) is 0 Å². The van der Waals surface area contributed by atoms with Gasteiger partial charge in [-0.3, -0.25) is 0 Å². The maximum absolute atomic E-state index is 2.74. The Hall–Kier alpha value is -0.0800. The first-order valence-electron chi connectivity index (χ1n) is 9.01. The van der Waals surface area contributed by atoms with Crippen molar-refractivity contribution in [1.82, 2.24) is 9.80 Å². The lowest BCUT2D eigenvalue weighted by Crippen LogP contribution is -2.40. The second-order valence-corrected chi connectivity index (χ2v) is 7.64. The number of hydrogen-bond acceptors (Lipinski definition) is 2. The molecule has 0 aromatic rings. The van der Waals surface area contributed by atoms with Crippen LogP contribution in [0.25, 0.3) is 0 Å². The molecule has 2 nitrogen and oxygen atoms in total. The number of rotatable bonds is 5. The fourth-order valence-electron chi connectivity index (χ4n) is 4.26. The van der Waals surface area contributed by atoms with Gasteiger partial charge < -0.3 is 9.80 Å². The predicted molar refractivity (Wildman–Crippen MR) is 88.0 cm³/mol. The molecule has 3 atom stereocenters. The highest BCUT2D eigenvalue weighted by Crippen LogP contribution is 2.29. The third-order valence-electron chi connectivity index (χ3n) is 6.18. The highest BCUT2D eigenvalue weighted by Gasteiger charge is 2.26. The molecule has 1 unspecified atom stereocenters. The monoisotopic (exact) mass is 280 g/mol. The summed E-state index contributed by atoms with van der Waals surface area (Å²) in [6.07, 6.45) is 7.09. The SMILES string of the molecule is CCC(C)C1CCN(CC[C@@H]2CCN(C)C[C@H]2C)CC1. The fraction of sp³-hybridized carbons (Fsp3) is 1.00. The summed E-state index contributed by atoms with van der Waals surface area (Å²) in [5, 5.41) is 0. The van der Waals surface area contributed by atoms with Gasteiger partial charge in [-0.05, 0) is 82.6 Å². The topological polar surface area (TPSA) is 6.48 Å². The summed E-state index contributed by atoms with van der Waals surface area (Å²) in [5.74, 6) is 3.80. The largest absolute Gasteiger partial charge is 0.306 e. The summed E-state index contributed by atoms with van der Waals surface area (Å²) in [4.78, 5) is 5.24. The van der Waals surface area contributed by atoms with E-state index in [1.165, 1.54) is 64.8 Å². The number of likely N-dealkylation sites (tertiary alicyclic amines) is 2. The molecule has 2 heterocycles. The molecule has 0 aromatic heterocycles. The van der Waals surface area contributed by atoms with E-state index in [1.54, 1.807) is 0 Å². The zero-order chi connectivity index (χ0) is 14.5. The van der Waals surface area contributed by atoms with Gasteiger partial charge in [0.05, 0.1) is 0 Å². The Bertz CT molecular complexity index is 271. The van der Waals surface area contributed by atoms with Crippen LogP contribution >= 0.6 is 0 Å². The second-order valence-electron chi connectivity index (χ2n) is 7.64. The van der Waals surface area contributed by atoms with Gasteiger partial charge >= 0.3 is 0 Å². The van der Waals surface area contributed by atoms with E-state index in [0.29, 0.717) is 0 Å². The van der Waals surface area contributed by atoms with Crippen molar-refractivity contribution >= 4 is 0 Å². The molecule has 2 fully saturated rings. The first-order valence-corrected chi connectivity index (χ1v) is 9.01. The number of nitrogens with zero attached hydrogens (tertiary/aromatic N) is 2. The van der Waals surface area contributed by atoms with Crippen LogP contribution in [0.3, 0.4) is 0 Å². The average molecular weight is 281 g/mol. The Morgan fingerprint density at radius 1 is 1.10 bits per heavy atom. The van der Waals surface area contributed by atoms with Gasteiger partial charge in [-0.2, -0.15) is 0 Å². The minimum Gasteiger partial charge on any atom is -0.306 e. The molecule has 2 aliphatic rings. The average Bonchev–Trinajstić information content (AvgIpc) is 2.46. The van der Waals surface area contributed by atoms with Crippen molar-refractivity contribution in [3.05, 3.63) is 0 Å². The molecular weight excluding hydrogens is 244 g/mol. The summed E-state index contributed by atoms with van der Waals surface area (Å²) >= 11 is 0. The molecule has 0 N–H and O–H groups in total. The van der Waals surface area contributed by atoms with Crippen molar-refractivity contribution in [2.45, 2.75) is 52.9 Å². The van der Waals surface area contributed by atoms with Crippen molar-refractivity contribution in [3.63, 3.8) is 0 Å². The Kier molecular flexibility index (Phi) is 6.35. The van der Waals surface area contributed by atoms with E-state index in [9.17, 15) is 0 Å². The van der Waals surface area contributed by atoms with E-state index >= 15 is 0 Å². The van der Waals surface area contributed by atoms with Gasteiger partial charge in [-0.15, -0.1) is 0 Å². The maximum atomic E-state index is 2.74. The zero-order valence-electron chi connectivity index (χ0n) is 14.3. The van der Waals surface area contributed by atoms with Crippen molar-refractivity contribution < 1.29 is 0 Å². The van der Waals surface area contributed by atoms with E-state index in [4.69, 9.17) is 0 Å². The first kappa shape index (κ1) is 16.3. The molecule has 0 spiro atoms.